The Morgan fingerprint density at radius 3 is 2.58 bits per heavy atom. The van der Waals surface area contributed by atoms with Crippen LogP contribution >= 0.6 is 11.8 Å². The topological polar surface area (TPSA) is 73.3 Å². The first-order chi connectivity index (χ1) is 12.7. The van der Waals surface area contributed by atoms with Crippen molar-refractivity contribution in [1.29, 1.82) is 0 Å². The summed E-state index contributed by atoms with van der Waals surface area (Å²) in [4.78, 5) is 2.23. The largest absolute Gasteiger partial charge is 0.490 e. The van der Waals surface area contributed by atoms with Crippen LogP contribution in [-0.2, 0) is 0 Å². The standard InChI is InChI=1S/C21H29N3OS/c1-2-4-21(15-9-11-24-12-10-15)25-16-5-3-6-17(13-16)26-18-7-8-19(22)20(23)14-18/h3,5-8,13-15,21,24H,2,4,9-12,22-23H2,1H3. The van der Waals surface area contributed by atoms with E-state index in [0.717, 1.165) is 41.5 Å². The minimum atomic E-state index is 0.300. The fourth-order valence-corrected chi connectivity index (χ4v) is 4.35. The number of ether oxygens (including phenoxy) is 1. The second kappa shape index (κ2) is 9.19. The summed E-state index contributed by atoms with van der Waals surface area (Å²) in [5.74, 6) is 1.60. The maximum atomic E-state index is 6.43. The lowest BCUT2D eigenvalue weighted by Gasteiger charge is -2.31. The smallest absolute Gasteiger partial charge is 0.120 e. The number of nitrogens with one attached hydrogen (secondary N) is 1. The van der Waals surface area contributed by atoms with E-state index >= 15 is 0 Å². The molecule has 0 amide bonds. The average Bonchev–Trinajstić information content (AvgIpc) is 2.65. The molecule has 1 atom stereocenters. The summed E-state index contributed by atoms with van der Waals surface area (Å²) in [5, 5.41) is 3.44. The van der Waals surface area contributed by atoms with Gasteiger partial charge in [0.15, 0.2) is 0 Å². The van der Waals surface area contributed by atoms with Crippen molar-refractivity contribution in [2.24, 2.45) is 5.92 Å². The van der Waals surface area contributed by atoms with Crippen molar-refractivity contribution in [3.05, 3.63) is 42.5 Å². The Morgan fingerprint density at radius 1 is 1.08 bits per heavy atom. The molecule has 1 saturated heterocycles. The summed E-state index contributed by atoms with van der Waals surface area (Å²) >= 11 is 1.68. The SMILES string of the molecule is CCCC(Oc1cccc(Sc2ccc(N)c(N)c2)c1)C1CCNCC1. The van der Waals surface area contributed by atoms with Crippen molar-refractivity contribution in [3.63, 3.8) is 0 Å². The molecule has 2 aromatic rings. The Bertz CT molecular complexity index is 716. The molecule has 3 rings (SSSR count). The Hall–Kier alpha value is -1.85. The molecule has 5 N–H and O–H groups in total. The molecule has 0 radical (unpaired) electrons. The van der Waals surface area contributed by atoms with E-state index in [1.165, 1.54) is 12.8 Å². The van der Waals surface area contributed by atoms with Crippen LogP contribution in [0, 0.1) is 5.92 Å². The number of anilines is 2. The van der Waals surface area contributed by atoms with Crippen LogP contribution in [0.2, 0.25) is 0 Å². The van der Waals surface area contributed by atoms with E-state index in [9.17, 15) is 0 Å². The van der Waals surface area contributed by atoms with Gasteiger partial charge in [0.2, 0.25) is 0 Å². The molecule has 26 heavy (non-hydrogen) atoms. The summed E-state index contributed by atoms with van der Waals surface area (Å²) in [6.45, 7) is 4.43. The van der Waals surface area contributed by atoms with E-state index in [0.29, 0.717) is 23.4 Å². The van der Waals surface area contributed by atoms with Gasteiger partial charge in [-0.1, -0.05) is 31.2 Å². The van der Waals surface area contributed by atoms with E-state index in [4.69, 9.17) is 16.2 Å². The first-order valence-electron chi connectivity index (χ1n) is 9.46. The lowest BCUT2D eigenvalue weighted by molar-refractivity contribution is 0.103. The maximum absolute atomic E-state index is 6.43. The predicted octanol–water partition coefficient (Wildman–Crippen LogP) is 4.55. The molecule has 0 spiro atoms. The van der Waals surface area contributed by atoms with Crippen molar-refractivity contribution in [1.82, 2.24) is 5.32 Å². The second-order valence-corrected chi connectivity index (χ2v) is 8.05. The third-order valence-corrected chi connectivity index (χ3v) is 5.85. The molecule has 0 aliphatic carbocycles. The lowest BCUT2D eigenvalue weighted by Crippen LogP contribution is -2.36. The van der Waals surface area contributed by atoms with Gasteiger partial charge in [-0.25, -0.2) is 0 Å². The molecule has 1 aliphatic heterocycles. The third-order valence-electron chi connectivity index (χ3n) is 4.87. The van der Waals surface area contributed by atoms with E-state index in [2.05, 4.69) is 36.5 Å². The van der Waals surface area contributed by atoms with Crippen LogP contribution in [0.4, 0.5) is 11.4 Å². The van der Waals surface area contributed by atoms with E-state index in [-0.39, 0.29) is 0 Å². The second-order valence-electron chi connectivity index (χ2n) is 6.90. The van der Waals surface area contributed by atoms with Gasteiger partial charge in [0.25, 0.3) is 0 Å². The number of benzene rings is 2. The summed E-state index contributed by atoms with van der Waals surface area (Å²) in [6.07, 6.45) is 4.95. The summed E-state index contributed by atoms with van der Waals surface area (Å²) in [7, 11) is 0. The third kappa shape index (κ3) is 5.08. The van der Waals surface area contributed by atoms with E-state index in [1.807, 2.05) is 18.2 Å². The first kappa shape index (κ1) is 18.9. The molecule has 0 bridgehead atoms. The molecular weight excluding hydrogens is 342 g/mol. The van der Waals surface area contributed by atoms with Crippen molar-refractivity contribution in [2.45, 2.75) is 48.5 Å². The quantitative estimate of drug-likeness (QED) is 0.623. The van der Waals surface area contributed by atoms with Gasteiger partial charge in [-0.3, -0.25) is 0 Å². The highest BCUT2D eigenvalue weighted by Gasteiger charge is 2.24. The molecule has 140 valence electrons. The number of piperidine rings is 1. The molecule has 1 heterocycles. The van der Waals surface area contributed by atoms with Crippen LogP contribution in [0.5, 0.6) is 5.75 Å². The number of rotatable bonds is 7. The molecule has 0 aromatic heterocycles. The van der Waals surface area contributed by atoms with E-state index < -0.39 is 0 Å². The zero-order chi connectivity index (χ0) is 18.4. The minimum absolute atomic E-state index is 0.300. The van der Waals surface area contributed by atoms with Gasteiger partial charge in [-0.2, -0.15) is 0 Å². The summed E-state index contributed by atoms with van der Waals surface area (Å²) in [5.41, 5.74) is 13.0. The van der Waals surface area contributed by atoms with Crippen LogP contribution in [0.1, 0.15) is 32.6 Å². The number of hydrogen-bond acceptors (Lipinski definition) is 5. The molecule has 4 nitrogen and oxygen atoms in total. The summed E-state index contributed by atoms with van der Waals surface area (Å²) < 4.78 is 6.43. The zero-order valence-corrected chi connectivity index (χ0v) is 16.2. The normalized spacial score (nSPS) is 16.3. The van der Waals surface area contributed by atoms with Crippen molar-refractivity contribution in [3.8, 4) is 5.75 Å². The Labute approximate surface area is 160 Å². The van der Waals surface area contributed by atoms with Gasteiger partial charge < -0.3 is 21.5 Å². The fourth-order valence-electron chi connectivity index (χ4n) is 3.43. The highest BCUT2D eigenvalue weighted by molar-refractivity contribution is 7.99. The number of nitrogens with two attached hydrogens (primary N) is 2. The molecule has 1 fully saturated rings. The van der Waals surface area contributed by atoms with Gasteiger partial charge >= 0.3 is 0 Å². The van der Waals surface area contributed by atoms with Crippen LogP contribution in [0.3, 0.4) is 0 Å². The zero-order valence-electron chi connectivity index (χ0n) is 15.4. The monoisotopic (exact) mass is 371 g/mol. The first-order valence-corrected chi connectivity index (χ1v) is 10.3. The molecule has 5 heteroatoms. The van der Waals surface area contributed by atoms with Gasteiger partial charge in [-0.15, -0.1) is 0 Å². The number of hydrogen-bond donors (Lipinski definition) is 3. The van der Waals surface area contributed by atoms with Gasteiger partial charge in [0, 0.05) is 9.79 Å². The lowest BCUT2D eigenvalue weighted by atomic mass is 9.89. The van der Waals surface area contributed by atoms with Gasteiger partial charge in [0.1, 0.15) is 11.9 Å². The van der Waals surface area contributed by atoms with Crippen LogP contribution < -0.4 is 21.5 Å². The highest BCUT2D eigenvalue weighted by atomic mass is 32.2. The Kier molecular flexibility index (Phi) is 6.69. The molecule has 1 aliphatic rings. The van der Waals surface area contributed by atoms with Crippen molar-refractivity contribution >= 4 is 23.1 Å². The van der Waals surface area contributed by atoms with Gasteiger partial charge in [-0.05, 0) is 74.7 Å². The molecule has 0 saturated carbocycles. The Morgan fingerprint density at radius 2 is 1.85 bits per heavy atom. The number of nitrogen functional groups attached to an aromatic ring is 2. The van der Waals surface area contributed by atoms with Crippen molar-refractivity contribution < 1.29 is 4.74 Å². The van der Waals surface area contributed by atoms with E-state index in [1.54, 1.807) is 11.8 Å². The van der Waals surface area contributed by atoms with Crippen LogP contribution in [0.25, 0.3) is 0 Å². The van der Waals surface area contributed by atoms with Crippen LogP contribution in [-0.4, -0.2) is 19.2 Å². The van der Waals surface area contributed by atoms with Crippen molar-refractivity contribution in [2.75, 3.05) is 24.6 Å². The van der Waals surface area contributed by atoms with Gasteiger partial charge in [0.05, 0.1) is 11.4 Å². The molecule has 1 unspecified atom stereocenters. The minimum Gasteiger partial charge on any atom is -0.490 e. The predicted molar refractivity (Wildman–Crippen MR) is 111 cm³/mol. The fraction of sp³-hybridized carbons (Fsp3) is 0.429. The molecular formula is C21H29N3OS. The van der Waals surface area contributed by atoms with Crippen LogP contribution in [0.15, 0.2) is 52.3 Å². The highest BCUT2D eigenvalue weighted by Crippen LogP contribution is 2.33. The maximum Gasteiger partial charge on any atom is 0.120 e. The summed E-state index contributed by atoms with van der Waals surface area (Å²) in [6, 6.07) is 14.1. The Balaban J connectivity index is 1.69. The molecule has 2 aromatic carbocycles. The average molecular weight is 372 g/mol.